The topological polar surface area (TPSA) is 55.3 Å². The van der Waals surface area contributed by atoms with E-state index in [9.17, 15) is 9.18 Å². The Morgan fingerprint density at radius 1 is 1.44 bits per heavy atom. The van der Waals surface area contributed by atoms with E-state index in [1.54, 1.807) is 23.2 Å². The zero-order valence-electron chi connectivity index (χ0n) is 13.2. The lowest BCUT2D eigenvalue weighted by molar-refractivity contribution is 0.0715. The highest BCUT2D eigenvalue weighted by molar-refractivity contribution is 7.17. The predicted molar refractivity (Wildman–Crippen MR) is 96.9 cm³/mol. The van der Waals surface area contributed by atoms with Crippen LogP contribution in [0.3, 0.4) is 0 Å². The molecule has 3 rings (SSSR count). The smallest absolute Gasteiger partial charge is 0.255 e. The third-order valence-corrected chi connectivity index (χ3v) is 4.77. The van der Waals surface area contributed by atoms with E-state index in [0.717, 1.165) is 11.1 Å². The number of pyridine rings is 2. The van der Waals surface area contributed by atoms with Gasteiger partial charge >= 0.3 is 0 Å². The number of hydrogen-bond acceptors (Lipinski definition) is 4. The molecule has 0 radical (unpaired) electrons. The fourth-order valence-electron chi connectivity index (χ4n) is 2.64. The van der Waals surface area contributed by atoms with Crippen molar-refractivity contribution < 1.29 is 13.9 Å². The van der Waals surface area contributed by atoms with Crippen molar-refractivity contribution >= 4 is 38.3 Å². The lowest BCUT2D eigenvalue weighted by Crippen LogP contribution is -2.27. The molecule has 5 nitrogen and oxygen atoms in total. The molecule has 132 valence electrons. The molecule has 0 aliphatic carbocycles. The summed E-state index contributed by atoms with van der Waals surface area (Å²) in [6.45, 7) is 2.09. The first-order valence-electron chi connectivity index (χ1n) is 7.50. The summed E-state index contributed by atoms with van der Waals surface area (Å²) in [7, 11) is 1.99. The van der Waals surface area contributed by atoms with E-state index in [0.29, 0.717) is 17.3 Å². The van der Waals surface area contributed by atoms with Crippen LogP contribution in [0.25, 0.3) is 0 Å². The maximum atomic E-state index is 12.8. The Hall–Kier alpha value is -1.49. The highest BCUT2D eigenvalue weighted by Gasteiger charge is 2.33. The van der Waals surface area contributed by atoms with Gasteiger partial charge in [-0.3, -0.25) is 4.79 Å². The molecule has 3 atom stereocenters. The lowest BCUT2D eigenvalue weighted by Gasteiger charge is -2.24. The van der Waals surface area contributed by atoms with Crippen LogP contribution in [-0.2, 0) is 6.54 Å². The normalized spacial score (nSPS) is 15.9. The summed E-state index contributed by atoms with van der Waals surface area (Å²) in [6, 6.07) is 3.06. The van der Waals surface area contributed by atoms with Gasteiger partial charge in [-0.1, -0.05) is 32.4 Å². The molecule has 0 saturated heterocycles. The summed E-state index contributed by atoms with van der Waals surface area (Å²) >= 11 is 12.2. The van der Waals surface area contributed by atoms with Crippen molar-refractivity contribution in [3.63, 3.8) is 0 Å². The summed E-state index contributed by atoms with van der Waals surface area (Å²) in [6.07, 6.45) is 3.08. The van der Waals surface area contributed by atoms with Gasteiger partial charge in [0.05, 0.1) is 12.6 Å². The zero-order chi connectivity index (χ0) is 18.1. The molecule has 0 spiro atoms. The van der Waals surface area contributed by atoms with E-state index >= 15 is 0 Å². The van der Waals surface area contributed by atoms with Crippen molar-refractivity contribution in [2.24, 2.45) is 0 Å². The number of rotatable bonds is 5. The van der Waals surface area contributed by atoms with Gasteiger partial charge in [-0.2, -0.15) is 0 Å². The standard InChI is InChI=1S/C16H15Cl2FN3O2P/c1-8(9-4-12(17)15(21-5-9)24-7-13(19)25)22-6-11-10(16(22)23)2-3-20-14(11)18/h2-5,8,13H,6-7,25H2,1H3. The molecule has 1 aliphatic heterocycles. The predicted octanol–water partition coefficient (Wildman–Crippen LogP) is 4.05. The average Bonchev–Trinajstić information content (AvgIpc) is 2.91. The van der Waals surface area contributed by atoms with Crippen LogP contribution in [0.1, 0.15) is 34.5 Å². The zero-order valence-corrected chi connectivity index (χ0v) is 15.9. The van der Waals surface area contributed by atoms with Crippen LogP contribution in [0.15, 0.2) is 24.5 Å². The first kappa shape index (κ1) is 18.3. The molecule has 1 amide bonds. The number of fused-ring (bicyclic) bond motifs is 1. The fourth-order valence-corrected chi connectivity index (χ4v) is 3.18. The largest absolute Gasteiger partial charge is 0.473 e. The summed E-state index contributed by atoms with van der Waals surface area (Å²) in [4.78, 5) is 22.4. The third-order valence-electron chi connectivity index (χ3n) is 3.98. The minimum Gasteiger partial charge on any atom is -0.473 e. The van der Waals surface area contributed by atoms with E-state index in [1.807, 2.05) is 16.2 Å². The highest BCUT2D eigenvalue weighted by Crippen LogP contribution is 2.35. The first-order chi connectivity index (χ1) is 11.9. The fraction of sp³-hybridized carbons (Fsp3) is 0.312. The van der Waals surface area contributed by atoms with E-state index < -0.39 is 5.91 Å². The number of amides is 1. The maximum Gasteiger partial charge on any atom is 0.255 e. The Morgan fingerprint density at radius 2 is 2.20 bits per heavy atom. The summed E-state index contributed by atoms with van der Waals surface area (Å²) in [5.41, 5.74) is 2.01. The van der Waals surface area contributed by atoms with Gasteiger partial charge in [0.25, 0.3) is 5.91 Å². The van der Waals surface area contributed by atoms with Gasteiger partial charge in [0, 0.05) is 23.5 Å². The SMILES string of the molecule is CC(c1cnc(OCC(F)P)c(Cl)c1)N1Cc2c(ccnc2Cl)C1=O. The van der Waals surface area contributed by atoms with Crippen molar-refractivity contribution in [1.29, 1.82) is 0 Å². The number of nitrogens with zero attached hydrogens (tertiary/aromatic N) is 3. The van der Waals surface area contributed by atoms with E-state index in [-0.39, 0.29) is 29.5 Å². The number of carbonyl (C=O) groups excluding carboxylic acids is 1. The molecule has 2 aromatic rings. The molecule has 2 aromatic heterocycles. The van der Waals surface area contributed by atoms with Crippen LogP contribution >= 0.6 is 32.4 Å². The minimum absolute atomic E-state index is 0.119. The molecule has 0 fully saturated rings. The number of hydrogen-bond donors (Lipinski definition) is 0. The molecule has 0 bridgehead atoms. The Bertz CT molecular complexity index is 822. The quantitative estimate of drug-likeness (QED) is 0.560. The number of halogens is 3. The van der Waals surface area contributed by atoms with Crippen molar-refractivity contribution in [3.05, 3.63) is 51.4 Å². The van der Waals surface area contributed by atoms with Gasteiger partial charge < -0.3 is 9.64 Å². The van der Waals surface area contributed by atoms with E-state index in [2.05, 4.69) is 9.97 Å². The van der Waals surface area contributed by atoms with Gasteiger partial charge in [-0.25, -0.2) is 14.4 Å². The lowest BCUT2D eigenvalue weighted by atomic mass is 10.1. The van der Waals surface area contributed by atoms with Crippen molar-refractivity contribution in [2.75, 3.05) is 6.61 Å². The second-order valence-corrected chi connectivity index (χ2v) is 7.11. The minimum atomic E-state index is -1.20. The number of ether oxygens (including phenoxy) is 1. The molecule has 3 unspecified atom stereocenters. The van der Waals surface area contributed by atoms with Crippen LogP contribution in [0, 0.1) is 0 Å². The van der Waals surface area contributed by atoms with Crippen LogP contribution in [0.5, 0.6) is 5.88 Å². The summed E-state index contributed by atoms with van der Waals surface area (Å²) < 4.78 is 18.0. The van der Waals surface area contributed by atoms with Crippen molar-refractivity contribution in [3.8, 4) is 5.88 Å². The second-order valence-electron chi connectivity index (χ2n) is 5.62. The number of carbonyl (C=O) groups is 1. The number of alkyl halides is 1. The summed E-state index contributed by atoms with van der Waals surface area (Å²) in [5.74, 6) is -1.16. The van der Waals surface area contributed by atoms with Gasteiger partial charge in [0.2, 0.25) is 5.88 Å². The van der Waals surface area contributed by atoms with Crippen molar-refractivity contribution in [2.45, 2.75) is 25.4 Å². The van der Waals surface area contributed by atoms with Crippen LogP contribution < -0.4 is 4.74 Å². The van der Waals surface area contributed by atoms with Gasteiger partial charge in [0.15, 0.2) is 0 Å². The molecule has 0 aromatic carbocycles. The third kappa shape index (κ3) is 3.71. The van der Waals surface area contributed by atoms with Gasteiger partial charge in [-0.05, 0) is 24.6 Å². The maximum absolute atomic E-state index is 12.8. The monoisotopic (exact) mass is 401 g/mol. The van der Waals surface area contributed by atoms with E-state index in [1.165, 1.54) is 6.20 Å². The summed E-state index contributed by atoms with van der Waals surface area (Å²) in [5, 5.41) is 0.595. The van der Waals surface area contributed by atoms with Crippen LogP contribution in [-0.4, -0.2) is 33.3 Å². The molecule has 25 heavy (non-hydrogen) atoms. The Labute approximate surface area is 156 Å². The number of aromatic nitrogens is 2. The van der Waals surface area contributed by atoms with Gasteiger partial charge in [-0.15, -0.1) is 0 Å². The molecule has 1 aliphatic rings. The van der Waals surface area contributed by atoms with Gasteiger partial charge in [0.1, 0.15) is 22.7 Å². The Balaban J connectivity index is 1.80. The molecular formula is C16H15Cl2FN3O2P. The van der Waals surface area contributed by atoms with Crippen molar-refractivity contribution in [1.82, 2.24) is 14.9 Å². The van der Waals surface area contributed by atoms with E-state index in [4.69, 9.17) is 27.9 Å². The van der Waals surface area contributed by atoms with Crippen LogP contribution in [0.4, 0.5) is 4.39 Å². The highest BCUT2D eigenvalue weighted by atomic mass is 35.5. The average molecular weight is 402 g/mol. The van der Waals surface area contributed by atoms with Crippen LogP contribution in [0.2, 0.25) is 10.2 Å². The molecule has 9 heteroatoms. The molecule has 0 saturated carbocycles. The Kier molecular flexibility index (Phi) is 5.42. The second kappa shape index (κ2) is 7.40. The molecular weight excluding hydrogens is 387 g/mol. The first-order valence-corrected chi connectivity index (χ1v) is 8.93. The Morgan fingerprint density at radius 3 is 2.84 bits per heavy atom. The molecule has 0 N–H and O–H groups in total. The molecule has 3 heterocycles.